The molecule has 2 aromatic rings. The van der Waals surface area contributed by atoms with Gasteiger partial charge in [-0.1, -0.05) is 0 Å². The van der Waals surface area contributed by atoms with Crippen LogP contribution in [0.15, 0.2) is 48.5 Å². The molecule has 7 amide bonds. The Morgan fingerprint density at radius 3 is 1.41 bits per heavy atom. The number of piperazine rings is 2. The Morgan fingerprint density at radius 1 is 0.627 bits per heavy atom. The molecule has 276 valence electrons. The molecule has 0 radical (unpaired) electrons. The summed E-state index contributed by atoms with van der Waals surface area (Å²) in [5.41, 5.74) is 2.02. The molecule has 51 heavy (non-hydrogen) atoms. The third-order valence-corrected chi connectivity index (χ3v) is 8.90. The summed E-state index contributed by atoms with van der Waals surface area (Å²) in [6, 6.07) is 13.5. The maximum atomic E-state index is 12.7. The van der Waals surface area contributed by atoms with Crippen molar-refractivity contribution in [3.63, 3.8) is 0 Å². The van der Waals surface area contributed by atoms with Gasteiger partial charge >= 0.3 is 18.2 Å². The Labute approximate surface area is 300 Å². The molecule has 0 unspecified atom stereocenters. The molecule has 14 heteroatoms. The van der Waals surface area contributed by atoms with E-state index in [0.29, 0.717) is 67.1 Å². The zero-order valence-electron chi connectivity index (χ0n) is 30.0. The fourth-order valence-corrected chi connectivity index (χ4v) is 5.51. The molecule has 5 N–H and O–H groups in total. The van der Waals surface area contributed by atoms with Crippen molar-refractivity contribution in [1.29, 1.82) is 0 Å². The number of urea groups is 2. The molecule has 14 nitrogen and oxygen atoms in total. The van der Waals surface area contributed by atoms with Crippen LogP contribution in [0.1, 0.15) is 67.2 Å². The first kappa shape index (κ1) is 37.4. The molecule has 2 saturated carbocycles. The Hall–Kier alpha value is -4.85. The summed E-state index contributed by atoms with van der Waals surface area (Å²) in [6.07, 6.45) is 4.44. The number of nitrogens with zero attached hydrogens (tertiary/aromatic N) is 3. The van der Waals surface area contributed by atoms with Crippen molar-refractivity contribution in [3.8, 4) is 0 Å². The van der Waals surface area contributed by atoms with E-state index in [1.165, 1.54) is 25.7 Å². The number of carbonyl (C=O) groups excluding carboxylic acids is 5. The number of hydrogen-bond acceptors (Lipinski definition) is 7. The van der Waals surface area contributed by atoms with Gasteiger partial charge in [0.15, 0.2) is 0 Å². The lowest BCUT2D eigenvalue weighted by Gasteiger charge is -2.35. The number of ether oxygens (including phenoxy) is 1. The number of amides is 7. The molecule has 2 aliphatic heterocycles. The van der Waals surface area contributed by atoms with Crippen molar-refractivity contribution in [1.82, 2.24) is 30.7 Å². The van der Waals surface area contributed by atoms with E-state index in [1.807, 2.05) is 25.7 Å². The zero-order valence-corrected chi connectivity index (χ0v) is 30.0. The molecular formula is C37H52N8O6. The predicted octanol–water partition coefficient (Wildman–Crippen LogP) is 4.17. The van der Waals surface area contributed by atoms with Crippen LogP contribution >= 0.6 is 0 Å². The minimum absolute atomic E-state index is 0.0474. The second-order valence-electron chi connectivity index (χ2n) is 14.5. The molecule has 0 spiro atoms. The molecule has 2 aliphatic carbocycles. The van der Waals surface area contributed by atoms with Gasteiger partial charge in [0.1, 0.15) is 5.60 Å². The molecule has 2 saturated heterocycles. The first-order valence-electron chi connectivity index (χ1n) is 18.0. The fraction of sp³-hybridized carbons (Fsp3) is 0.541. The molecule has 2 heterocycles. The third kappa shape index (κ3) is 12.5. The minimum Gasteiger partial charge on any atom is -0.444 e. The van der Waals surface area contributed by atoms with E-state index in [4.69, 9.17) is 4.74 Å². The van der Waals surface area contributed by atoms with Crippen LogP contribution in [0.3, 0.4) is 0 Å². The number of rotatable bonds is 8. The van der Waals surface area contributed by atoms with Gasteiger partial charge in [-0.3, -0.25) is 9.59 Å². The SMILES string of the molecule is CC(C)(C)OC(=O)N1CCN(C(=O)c2ccc(NC(=O)NCC3CC3)cc2)CC1.O=C(NCC1CC1)Nc1ccc(C(=O)N2CCNCC2)cc1. The molecule has 2 aromatic carbocycles. The first-order chi connectivity index (χ1) is 24.4. The van der Waals surface area contributed by atoms with Gasteiger partial charge in [0, 0.05) is 87.9 Å². The summed E-state index contributed by atoms with van der Waals surface area (Å²) in [5.74, 6) is 1.24. The van der Waals surface area contributed by atoms with Gasteiger partial charge in [0.05, 0.1) is 0 Å². The molecule has 0 aromatic heterocycles. The standard InChI is InChI=1S/C21H30N4O4.C16H22N4O2/c1-21(2,3)29-20(28)25-12-10-24(11-13-25)18(26)16-6-8-17(9-7-16)23-19(27)22-14-15-4-5-15;21-15(20-9-7-17-8-10-20)13-3-5-14(6-4-13)19-16(22)18-11-12-1-2-12/h6-9,15H,4-5,10-14H2,1-3H3,(H2,22,23,27);3-6,12,17H,1-2,7-11H2,(H2,18,19,22). The molecular weight excluding hydrogens is 652 g/mol. The number of anilines is 2. The average Bonchev–Trinajstić information content (AvgIpc) is 4.06. The lowest BCUT2D eigenvalue weighted by molar-refractivity contribution is 0.0141. The van der Waals surface area contributed by atoms with Gasteiger partial charge in [0.25, 0.3) is 11.8 Å². The smallest absolute Gasteiger partial charge is 0.410 e. The zero-order chi connectivity index (χ0) is 36.4. The summed E-state index contributed by atoms with van der Waals surface area (Å²) >= 11 is 0. The van der Waals surface area contributed by atoms with Crippen LogP contribution in [0.25, 0.3) is 0 Å². The van der Waals surface area contributed by atoms with E-state index in [2.05, 4.69) is 26.6 Å². The van der Waals surface area contributed by atoms with Crippen molar-refractivity contribution in [2.45, 2.75) is 52.1 Å². The Bertz CT molecular complexity index is 1500. The molecule has 6 rings (SSSR count). The van der Waals surface area contributed by atoms with Crippen LogP contribution in [0.5, 0.6) is 0 Å². The molecule has 4 fully saturated rings. The second-order valence-corrected chi connectivity index (χ2v) is 14.5. The summed E-state index contributed by atoms with van der Waals surface area (Å²) < 4.78 is 5.38. The highest BCUT2D eigenvalue weighted by atomic mass is 16.6. The Balaban J connectivity index is 0.000000205. The molecule has 4 aliphatic rings. The topological polar surface area (TPSA) is 164 Å². The highest BCUT2D eigenvalue weighted by molar-refractivity contribution is 5.96. The van der Waals surface area contributed by atoms with Crippen LogP contribution < -0.4 is 26.6 Å². The lowest BCUT2D eigenvalue weighted by atomic mass is 10.1. The monoisotopic (exact) mass is 704 g/mol. The van der Waals surface area contributed by atoms with E-state index >= 15 is 0 Å². The van der Waals surface area contributed by atoms with Crippen molar-refractivity contribution < 1.29 is 28.7 Å². The Morgan fingerprint density at radius 2 is 1.02 bits per heavy atom. The normalized spacial score (nSPS) is 17.4. The summed E-state index contributed by atoms with van der Waals surface area (Å²) in [7, 11) is 0. The van der Waals surface area contributed by atoms with Crippen molar-refractivity contribution >= 4 is 41.3 Å². The first-order valence-corrected chi connectivity index (χ1v) is 18.0. The number of carbonyl (C=O) groups is 5. The van der Waals surface area contributed by atoms with E-state index in [9.17, 15) is 24.0 Å². The van der Waals surface area contributed by atoms with Crippen LogP contribution in [0.2, 0.25) is 0 Å². The highest BCUT2D eigenvalue weighted by Gasteiger charge is 2.28. The Kier molecular flexibility index (Phi) is 12.8. The third-order valence-electron chi connectivity index (χ3n) is 8.90. The quantitative estimate of drug-likeness (QED) is 0.275. The van der Waals surface area contributed by atoms with Gasteiger partial charge < -0.3 is 46.0 Å². The van der Waals surface area contributed by atoms with E-state index in [1.54, 1.807) is 58.3 Å². The summed E-state index contributed by atoms with van der Waals surface area (Å²) in [4.78, 5) is 65.9. The summed E-state index contributed by atoms with van der Waals surface area (Å²) in [6.45, 7) is 11.9. The lowest BCUT2D eigenvalue weighted by Crippen LogP contribution is -2.51. The van der Waals surface area contributed by atoms with Crippen LogP contribution in [-0.4, -0.2) is 116 Å². The second kappa shape index (κ2) is 17.4. The largest absolute Gasteiger partial charge is 0.444 e. The number of benzene rings is 2. The average molecular weight is 705 g/mol. The van der Waals surface area contributed by atoms with E-state index in [0.717, 1.165) is 32.7 Å². The van der Waals surface area contributed by atoms with Crippen LogP contribution in [-0.2, 0) is 4.74 Å². The van der Waals surface area contributed by atoms with Gasteiger partial charge in [-0.15, -0.1) is 0 Å². The van der Waals surface area contributed by atoms with Crippen molar-refractivity contribution in [2.75, 3.05) is 76.1 Å². The number of hydrogen-bond donors (Lipinski definition) is 5. The van der Waals surface area contributed by atoms with Gasteiger partial charge in [-0.05, 0) is 107 Å². The van der Waals surface area contributed by atoms with Gasteiger partial charge in [0.2, 0.25) is 0 Å². The van der Waals surface area contributed by atoms with Gasteiger partial charge in [-0.25, -0.2) is 14.4 Å². The minimum atomic E-state index is -0.533. The number of nitrogens with one attached hydrogen (secondary N) is 5. The van der Waals surface area contributed by atoms with Crippen molar-refractivity contribution in [2.24, 2.45) is 11.8 Å². The van der Waals surface area contributed by atoms with Gasteiger partial charge in [-0.2, -0.15) is 0 Å². The predicted molar refractivity (Wildman–Crippen MR) is 195 cm³/mol. The molecule has 0 bridgehead atoms. The van der Waals surface area contributed by atoms with Crippen LogP contribution in [0, 0.1) is 11.8 Å². The summed E-state index contributed by atoms with van der Waals surface area (Å²) in [5, 5.41) is 14.5. The van der Waals surface area contributed by atoms with E-state index in [-0.39, 0.29) is 30.0 Å². The van der Waals surface area contributed by atoms with Crippen molar-refractivity contribution in [3.05, 3.63) is 59.7 Å². The maximum absolute atomic E-state index is 12.7. The maximum Gasteiger partial charge on any atom is 0.410 e. The highest BCUT2D eigenvalue weighted by Crippen LogP contribution is 2.28. The fourth-order valence-electron chi connectivity index (χ4n) is 5.51. The van der Waals surface area contributed by atoms with E-state index < -0.39 is 5.60 Å². The molecule has 0 atom stereocenters. The van der Waals surface area contributed by atoms with Crippen LogP contribution in [0.4, 0.5) is 25.8 Å².